The van der Waals surface area contributed by atoms with Crippen molar-refractivity contribution in [3.05, 3.63) is 71.8 Å². The molecular formula is C23H30O. The van der Waals surface area contributed by atoms with Gasteiger partial charge in [0.25, 0.3) is 0 Å². The molecule has 0 aliphatic heterocycles. The van der Waals surface area contributed by atoms with Crippen LogP contribution in [-0.2, 0) is 4.79 Å². The molecule has 1 heteroatoms. The minimum absolute atomic E-state index is 0.426. The number of rotatable bonds is 10. The van der Waals surface area contributed by atoms with E-state index in [4.69, 9.17) is 0 Å². The first-order chi connectivity index (χ1) is 11.7. The topological polar surface area (TPSA) is 17.1 Å². The number of hydrogen-bond acceptors (Lipinski definition) is 1. The van der Waals surface area contributed by atoms with Crippen LogP contribution in [0.3, 0.4) is 0 Å². The lowest BCUT2D eigenvalue weighted by Gasteiger charge is -2.12. The van der Waals surface area contributed by atoms with Crippen molar-refractivity contribution in [2.45, 2.75) is 64.2 Å². The first-order valence-electron chi connectivity index (χ1n) is 9.28. The Morgan fingerprint density at radius 3 is 1.46 bits per heavy atom. The van der Waals surface area contributed by atoms with E-state index in [0.717, 1.165) is 38.5 Å². The summed E-state index contributed by atoms with van der Waals surface area (Å²) in [5, 5.41) is 0. The van der Waals surface area contributed by atoms with Crippen LogP contribution < -0.4 is 0 Å². The predicted octanol–water partition coefficient (Wildman–Crippen LogP) is 6.50. The van der Waals surface area contributed by atoms with Gasteiger partial charge in [-0.2, -0.15) is 0 Å². The lowest BCUT2D eigenvalue weighted by molar-refractivity contribution is -0.119. The zero-order valence-corrected chi connectivity index (χ0v) is 15.1. The van der Waals surface area contributed by atoms with Gasteiger partial charge >= 0.3 is 0 Å². The summed E-state index contributed by atoms with van der Waals surface area (Å²) < 4.78 is 0. The van der Waals surface area contributed by atoms with Gasteiger partial charge in [-0.3, -0.25) is 4.79 Å². The van der Waals surface area contributed by atoms with E-state index >= 15 is 0 Å². The van der Waals surface area contributed by atoms with E-state index in [1.807, 2.05) is 0 Å². The third-order valence-corrected chi connectivity index (χ3v) is 4.92. The summed E-state index contributed by atoms with van der Waals surface area (Å²) in [5.41, 5.74) is 2.75. The number of carbonyl (C=O) groups excluding carboxylic acids is 1. The number of hydrogen-bond donors (Lipinski definition) is 0. The van der Waals surface area contributed by atoms with Crippen LogP contribution in [0.15, 0.2) is 60.7 Å². The molecule has 0 aromatic heterocycles. The number of Topliss-reactive ketones (excluding diaryl/α,β-unsaturated/α-hetero) is 1. The van der Waals surface area contributed by atoms with E-state index in [9.17, 15) is 4.79 Å². The van der Waals surface area contributed by atoms with Crippen LogP contribution >= 0.6 is 0 Å². The molecule has 0 aliphatic carbocycles. The van der Waals surface area contributed by atoms with Gasteiger partial charge in [0.1, 0.15) is 5.78 Å². The molecule has 0 bridgehead atoms. The van der Waals surface area contributed by atoms with Gasteiger partial charge < -0.3 is 0 Å². The Labute approximate surface area is 147 Å². The van der Waals surface area contributed by atoms with Crippen molar-refractivity contribution in [2.75, 3.05) is 0 Å². The normalized spacial score (nSPS) is 13.4. The van der Waals surface area contributed by atoms with Crippen LogP contribution in [0.25, 0.3) is 0 Å². The molecule has 2 atom stereocenters. The summed E-state index contributed by atoms with van der Waals surface area (Å²) in [4.78, 5) is 12.1. The second kappa shape index (κ2) is 10.1. The van der Waals surface area contributed by atoms with Crippen LogP contribution in [0.5, 0.6) is 0 Å². The van der Waals surface area contributed by atoms with Gasteiger partial charge in [-0.15, -0.1) is 0 Å². The fraction of sp³-hybridized carbons (Fsp3) is 0.435. The van der Waals surface area contributed by atoms with Crippen LogP contribution in [0.1, 0.15) is 75.3 Å². The van der Waals surface area contributed by atoms with Gasteiger partial charge in [0.05, 0.1) is 0 Å². The minimum atomic E-state index is 0.426. The lowest BCUT2D eigenvalue weighted by atomic mass is 9.93. The Balaban J connectivity index is 1.60. The Morgan fingerprint density at radius 2 is 1.08 bits per heavy atom. The molecule has 0 saturated carbocycles. The van der Waals surface area contributed by atoms with Crippen LogP contribution in [0.4, 0.5) is 0 Å². The summed E-state index contributed by atoms with van der Waals surface area (Å²) in [5.74, 6) is 1.50. The molecule has 128 valence electrons. The molecule has 2 aromatic rings. The van der Waals surface area contributed by atoms with Crippen molar-refractivity contribution in [1.82, 2.24) is 0 Å². The maximum atomic E-state index is 12.1. The SMILES string of the molecule is CC(CCCC(=O)CCCC(C)c1ccccc1)c1ccccc1. The van der Waals surface area contributed by atoms with Crippen molar-refractivity contribution in [2.24, 2.45) is 0 Å². The van der Waals surface area contributed by atoms with Gasteiger partial charge in [0.2, 0.25) is 0 Å². The average Bonchev–Trinajstić information content (AvgIpc) is 2.63. The van der Waals surface area contributed by atoms with E-state index in [2.05, 4.69) is 74.5 Å². The van der Waals surface area contributed by atoms with Gasteiger partial charge in [0, 0.05) is 12.8 Å². The Hall–Kier alpha value is -1.89. The standard InChI is InChI=1S/C23H30O/c1-19(21-13-5-3-6-14-21)11-9-17-23(24)18-10-12-20(2)22-15-7-4-8-16-22/h3-8,13-16,19-20H,9-12,17-18H2,1-2H3. The number of benzene rings is 2. The third-order valence-electron chi connectivity index (χ3n) is 4.92. The zero-order valence-electron chi connectivity index (χ0n) is 15.1. The molecule has 0 amide bonds. The van der Waals surface area contributed by atoms with Crippen molar-refractivity contribution >= 4 is 5.78 Å². The van der Waals surface area contributed by atoms with E-state index in [0.29, 0.717) is 17.6 Å². The highest BCUT2D eigenvalue weighted by Gasteiger charge is 2.09. The Morgan fingerprint density at radius 1 is 0.708 bits per heavy atom. The van der Waals surface area contributed by atoms with E-state index < -0.39 is 0 Å². The van der Waals surface area contributed by atoms with Crippen molar-refractivity contribution < 1.29 is 4.79 Å². The van der Waals surface area contributed by atoms with Gasteiger partial charge in [-0.1, -0.05) is 74.5 Å². The second-order valence-corrected chi connectivity index (χ2v) is 6.95. The minimum Gasteiger partial charge on any atom is -0.300 e. The third kappa shape index (κ3) is 6.31. The molecule has 0 heterocycles. The van der Waals surface area contributed by atoms with Crippen molar-refractivity contribution in [1.29, 1.82) is 0 Å². The smallest absolute Gasteiger partial charge is 0.132 e. The highest BCUT2D eigenvalue weighted by atomic mass is 16.1. The molecule has 0 aliphatic rings. The Bertz CT molecular complexity index is 534. The van der Waals surface area contributed by atoms with Gasteiger partial charge in [0.15, 0.2) is 0 Å². The van der Waals surface area contributed by atoms with Crippen LogP contribution in [0, 0.1) is 0 Å². The summed E-state index contributed by atoms with van der Waals surface area (Å²) in [6.07, 6.45) is 5.66. The molecular weight excluding hydrogens is 292 g/mol. The highest BCUT2D eigenvalue weighted by Crippen LogP contribution is 2.23. The number of carbonyl (C=O) groups is 1. The first kappa shape index (κ1) is 18.4. The quantitative estimate of drug-likeness (QED) is 0.487. The molecule has 24 heavy (non-hydrogen) atoms. The molecule has 0 radical (unpaired) electrons. The monoisotopic (exact) mass is 322 g/mol. The van der Waals surface area contributed by atoms with Gasteiger partial charge in [-0.25, -0.2) is 0 Å². The highest BCUT2D eigenvalue weighted by molar-refractivity contribution is 5.78. The summed E-state index contributed by atoms with van der Waals surface area (Å²) in [6.45, 7) is 4.50. The number of ketones is 1. The van der Waals surface area contributed by atoms with E-state index in [1.54, 1.807) is 0 Å². The van der Waals surface area contributed by atoms with Gasteiger partial charge in [-0.05, 0) is 48.6 Å². The fourth-order valence-electron chi connectivity index (χ4n) is 3.23. The zero-order chi connectivity index (χ0) is 17.2. The molecule has 0 saturated heterocycles. The molecule has 2 rings (SSSR count). The molecule has 0 fully saturated rings. The molecule has 2 aromatic carbocycles. The maximum absolute atomic E-state index is 12.1. The Kier molecular flexibility index (Phi) is 7.74. The lowest BCUT2D eigenvalue weighted by Crippen LogP contribution is -2.01. The molecule has 2 unspecified atom stereocenters. The molecule has 0 N–H and O–H groups in total. The van der Waals surface area contributed by atoms with E-state index in [1.165, 1.54) is 11.1 Å². The average molecular weight is 322 g/mol. The largest absolute Gasteiger partial charge is 0.300 e. The predicted molar refractivity (Wildman–Crippen MR) is 102 cm³/mol. The van der Waals surface area contributed by atoms with E-state index in [-0.39, 0.29) is 0 Å². The maximum Gasteiger partial charge on any atom is 0.132 e. The molecule has 0 spiro atoms. The fourth-order valence-corrected chi connectivity index (χ4v) is 3.23. The van der Waals surface area contributed by atoms with Crippen LogP contribution in [-0.4, -0.2) is 5.78 Å². The first-order valence-corrected chi connectivity index (χ1v) is 9.28. The van der Waals surface area contributed by atoms with Crippen LogP contribution in [0.2, 0.25) is 0 Å². The van der Waals surface area contributed by atoms with Crippen molar-refractivity contribution in [3.8, 4) is 0 Å². The molecule has 1 nitrogen and oxygen atoms in total. The summed E-state index contributed by atoms with van der Waals surface area (Å²) >= 11 is 0. The summed E-state index contributed by atoms with van der Waals surface area (Å²) in [7, 11) is 0. The van der Waals surface area contributed by atoms with Crippen molar-refractivity contribution in [3.63, 3.8) is 0 Å². The summed E-state index contributed by atoms with van der Waals surface area (Å²) in [6, 6.07) is 21.2. The second-order valence-electron chi connectivity index (χ2n) is 6.95.